The summed E-state index contributed by atoms with van der Waals surface area (Å²) in [6.45, 7) is 2.43. The van der Waals surface area contributed by atoms with Gasteiger partial charge in [-0.15, -0.1) is 0 Å². The van der Waals surface area contributed by atoms with Gasteiger partial charge in [-0.2, -0.15) is 0 Å². The third kappa shape index (κ3) is 4.68. The molecule has 1 amide bonds. The van der Waals surface area contributed by atoms with Gasteiger partial charge in [0, 0.05) is 18.7 Å². The highest BCUT2D eigenvalue weighted by Gasteiger charge is 2.23. The molecule has 0 aromatic heterocycles. The first-order valence-corrected chi connectivity index (χ1v) is 7.73. The average molecular weight is 311 g/mol. The highest BCUT2D eigenvalue weighted by atomic mass is 16.4. The zero-order chi connectivity index (χ0) is 16.7. The van der Waals surface area contributed by atoms with E-state index < -0.39 is 11.9 Å². The molecule has 0 aliphatic heterocycles. The van der Waals surface area contributed by atoms with Crippen LogP contribution in [0.3, 0.4) is 0 Å². The molecule has 120 valence electrons. The quantitative estimate of drug-likeness (QED) is 0.852. The number of amides is 1. The van der Waals surface area contributed by atoms with Crippen molar-refractivity contribution >= 4 is 11.9 Å². The minimum atomic E-state index is -0.869. The predicted molar refractivity (Wildman–Crippen MR) is 89.0 cm³/mol. The summed E-state index contributed by atoms with van der Waals surface area (Å²) in [5.74, 6) is -1.58. The Morgan fingerprint density at radius 2 is 1.57 bits per heavy atom. The maximum atomic E-state index is 12.8. The first-order valence-electron chi connectivity index (χ1n) is 7.73. The summed E-state index contributed by atoms with van der Waals surface area (Å²) < 4.78 is 0. The fraction of sp³-hybridized carbons (Fsp3) is 0.263. The van der Waals surface area contributed by atoms with E-state index in [1.807, 2.05) is 55.5 Å². The van der Waals surface area contributed by atoms with Crippen molar-refractivity contribution in [1.82, 2.24) is 4.90 Å². The van der Waals surface area contributed by atoms with Crippen molar-refractivity contribution < 1.29 is 14.7 Å². The van der Waals surface area contributed by atoms with Crippen LogP contribution < -0.4 is 0 Å². The zero-order valence-electron chi connectivity index (χ0n) is 13.2. The molecule has 0 spiro atoms. The summed E-state index contributed by atoms with van der Waals surface area (Å²) in [6.07, 6.45) is 0.489. The van der Waals surface area contributed by atoms with Crippen molar-refractivity contribution in [3.05, 3.63) is 71.8 Å². The molecule has 0 aliphatic carbocycles. The largest absolute Gasteiger partial charge is 0.481 e. The molecule has 1 atom stereocenters. The molecule has 0 bridgehead atoms. The molecule has 2 aromatic carbocycles. The number of aliphatic carboxylic acids is 1. The molecule has 0 fully saturated rings. The molecule has 4 nitrogen and oxygen atoms in total. The second-order valence-corrected chi connectivity index (χ2v) is 5.48. The summed E-state index contributed by atoms with van der Waals surface area (Å²) in [7, 11) is 0. The number of carboxylic acids is 1. The van der Waals surface area contributed by atoms with Gasteiger partial charge in [0.05, 0.1) is 5.92 Å². The van der Waals surface area contributed by atoms with Gasteiger partial charge in [0.25, 0.3) is 5.91 Å². The van der Waals surface area contributed by atoms with Gasteiger partial charge in [-0.25, -0.2) is 0 Å². The number of nitrogens with zero attached hydrogens (tertiary/aromatic N) is 1. The third-order valence-electron chi connectivity index (χ3n) is 3.81. The van der Waals surface area contributed by atoms with E-state index in [0.717, 1.165) is 5.56 Å². The first-order chi connectivity index (χ1) is 11.1. The van der Waals surface area contributed by atoms with E-state index in [4.69, 9.17) is 0 Å². The van der Waals surface area contributed by atoms with Crippen LogP contribution in [0.15, 0.2) is 60.7 Å². The first kappa shape index (κ1) is 16.7. The van der Waals surface area contributed by atoms with Crippen molar-refractivity contribution in [2.75, 3.05) is 6.54 Å². The smallest absolute Gasteiger partial charge is 0.308 e. The maximum Gasteiger partial charge on any atom is 0.308 e. The lowest BCUT2D eigenvalue weighted by atomic mass is 10.0. The number of rotatable bonds is 7. The molecule has 0 saturated heterocycles. The SMILES string of the molecule is CCC(CN(Cc1ccccc1)C(=O)c1ccccc1)C(=O)O. The van der Waals surface area contributed by atoms with Crippen LogP contribution >= 0.6 is 0 Å². The Bertz CT molecular complexity index is 640. The Hall–Kier alpha value is -2.62. The Labute approximate surface area is 136 Å². The fourth-order valence-corrected chi connectivity index (χ4v) is 2.43. The minimum Gasteiger partial charge on any atom is -0.481 e. The van der Waals surface area contributed by atoms with Gasteiger partial charge in [0.1, 0.15) is 0 Å². The number of carbonyl (C=O) groups excluding carboxylic acids is 1. The molecule has 0 saturated carbocycles. The van der Waals surface area contributed by atoms with Gasteiger partial charge in [0.15, 0.2) is 0 Å². The minimum absolute atomic E-state index is 0.144. The molecule has 1 unspecified atom stereocenters. The van der Waals surface area contributed by atoms with E-state index in [1.165, 1.54) is 0 Å². The van der Waals surface area contributed by atoms with Gasteiger partial charge in [-0.05, 0) is 24.1 Å². The molecule has 0 heterocycles. The number of hydrogen-bond acceptors (Lipinski definition) is 2. The summed E-state index contributed by atoms with van der Waals surface area (Å²) in [4.78, 5) is 25.7. The van der Waals surface area contributed by atoms with Gasteiger partial charge in [-0.1, -0.05) is 55.5 Å². The van der Waals surface area contributed by atoms with E-state index in [-0.39, 0.29) is 12.5 Å². The van der Waals surface area contributed by atoms with Crippen molar-refractivity contribution in [3.63, 3.8) is 0 Å². The lowest BCUT2D eigenvalue weighted by Gasteiger charge is -2.26. The number of hydrogen-bond donors (Lipinski definition) is 1. The van der Waals surface area contributed by atoms with Gasteiger partial charge < -0.3 is 10.0 Å². The molecular formula is C19H21NO3. The Kier molecular flexibility index (Phi) is 5.92. The molecule has 2 rings (SSSR count). The van der Waals surface area contributed by atoms with E-state index in [1.54, 1.807) is 17.0 Å². The van der Waals surface area contributed by atoms with Crippen LogP contribution in [0.5, 0.6) is 0 Å². The van der Waals surface area contributed by atoms with Gasteiger partial charge in [0.2, 0.25) is 0 Å². The van der Waals surface area contributed by atoms with Crippen LogP contribution in [0.4, 0.5) is 0 Å². The Morgan fingerprint density at radius 3 is 2.09 bits per heavy atom. The van der Waals surface area contributed by atoms with Crippen LogP contribution in [0, 0.1) is 5.92 Å². The van der Waals surface area contributed by atoms with Crippen LogP contribution in [-0.2, 0) is 11.3 Å². The molecule has 2 aromatic rings. The number of carbonyl (C=O) groups is 2. The highest BCUT2D eigenvalue weighted by Crippen LogP contribution is 2.14. The molecule has 0 radical (unpaired) electrons. The van der Waals surface area contributed by atoms with Gasteiger partial charge >= 0.3 is 5.97 Å². The second-order valence-electron chi connectivity index (χ2n) is 5.48. The third-order valence-corrected chi connectivity index (χ3v) is 3.81. The summed E-state index contributed by atoms with van der Waals surface area (Å²) >= 11 is 0. The molecular weight excluding hydrogens is 290 g/mol. The molecule has 23 heavy (non-hydrogen) atoms. The van der Waals surface area contributed by atoms with E-state index in [2.05, 4.69) is 0 Å². The molecule has 1 N–H and O–H groups in total. The molecule has 4 heteroatoms. The monoisotopic (exact) mass is 311 g/mol. The van der Waals surface area contributed by atoms with Crippen molar-refractivity contribution in [3.8, 4) is 0 Å². The summed E-state index contributed by atoms with van der Waals surface area (Å²) in [5, 5.41) is 9.30. The highest BCUT2D eigenvalue weighted by molar-refractivity contribution is 5.94. The van der Waals surface area contributed by atoms with Crippen molar-refractivity contribution in [2.45, 2.75) is 19.9 Å². The Balaban J connectivity index is 2.23. The van der Waals surface area contributed by atoms with E-state index in [0.29, 0.717) is 18.5 Å². The average Bonchev–Trinajstić information content (AvgIpc) is 2.59. The summed E-state index contributed by atoms with van der Waals surface area (Å²) in [5.41, 5.74) is 1.56. The van der Waals surface area contributed by atoms with Crippen molar-refractivity contribution in [2.24, 2.45) is 5.92 Å². The summed E-state index contributed by atoms with van der Waals surface area (Å²) in [6, 6.07) is 18.6. The lowest BCUT2D eigenvalue weighted by Crippen LogP contribution is -2.37. The van der Waals surface area contributed by atoms with Crippen LogP contribution in [0.2, 0.25) is 0 Å². The topological polar surface area (TPSA) is 57.6 Å². The van der Waals surface area contributed by atoms with E-state index >= 15 is 0 Å². The van der Waals surface area contributed by atoms with Crippen LogP contribution in [0.25, 0.3) is 0 Å². The fourth-order valence-electron chi connectivity index (χ4n) is 2.43. The normalized spacial score (nSPS) is 11.7. The van der Waals surface area contributed by atoms with E-state index in [9.17, 15) is 14.7 Å². The van der Waals surface area contributed by atoms with Crippen LogP contribution in [0.1, 0.15) is 29.3 Å². The van der Waals surface area contributed by atoms with Crippen molar-refractivity contribution in [1.29, 1.82) is 0 Å². The van der Waals surface area contributed by atoms with Gasteiger partial charge in [-0.3, -0.25) is 9.59 Å². The van der Waals surface area contributed by atoms with Crippen LogP contribution in [-0.4, -0.2) is 28.4 Å². The number of benzene rings is 2. The zero-order valence-corrected chi connectivity index (χ0v) is 13.2. The predicted octanol–water partition coefficient (Wildman–Crippen LogP) is 3.44. The maximum absolute atomic E-state index is 12.8. The lowest BCUT2D eigenvalue weighted by molar-refractivity contribution is -0.142. The molecule has 0 aliphatic rings. The number of carboxylic acid groups (broad SMARTS) is 1. The second kappa shape index (κ2) is 8.13. The Morgan fingerprint density at radius 1 is 1.00 bits per heavy atom. The standard InChI is InChI=1S/C19H21NO3/c1-2-16(19(22)23)14-20(13-15-9-5-3-6-10-15)18(21)17-11-7-4-8-12-17/h3-12,16H,2,13-14H2,1H3,(H,22,23).